The van der Waals surface area contributed by atoms with Gasteiger partial charge in [-0.25, -0.2) is 0 Å². The molecular formula is C14H16F3NO4. The molecule has 0 radical (unpaired) electrons. The zero-order valence-corrected chi connectivity index (χ0v) is 11.9. The number of hydrogen-bond acceptors (Lipinski definition) is 4. The second kappa shape index (κ2) is 8.26. The summed E-state index contributed by atoms with van der Waals surface area (Å²) in [6.45, 7) is 2.01. The van der Waals surface area contributed by atoms with Crippen LogP contribution in [0.15, 0.2) is 24.3 Å². The number of ether oxygens (including phenoxy) is 2. The van der Waals surface area contributed by atoms with Gasteiger partial charge in [-0.1, -0.05) is 12.1 Å². The maximum absolute atomic E-state index is 12.1. The lowest BCUT2D eigenvalue weighted by atomic mass is 10.1. The fourth-order valence-corrected chi connectivity index (χ4v) is 1.65. The lowest BCUT2D eigenvalue weighted by Gasteiger charge is -2.10. The summed E-state index contributed by atoms with van der Waals surface area (Å²) in [5, 5.41) is 2.49. The van der Waals surface area contributed by atoms with Gasteiger partial charge in [0.25, 0.3) is 0 Å². The molecule has 122 valence electrons. The largest absolute Gasteiger partial charge is 0.573 e. The fraction of sp³-hybridized carbons (Fsp3) is 0.429. The molecule has 0 unspecified atom stereocenters. The van der Waals surface area contributed by atoms with Gasteiger partial charge < -0.3 is 14.8 Å². The first-order valence-electron chi connectivity index (χ1n) is 6.57. The molecule has 0 aromatic heterocycles. The van der Waals surface area contributed by atoms with Crippen molar-refractivity contribution in [2.24, 2.45) is 0 Å². The van der Waals surface area contributed by atoms with Crippen LogP contribution in [0.1, 0.15) is 18.9 Å². The summed E-state index contributed by atoms with van der Waals surface area (Å²) in [5.74, 6) is -1.44. The van der Waals surface area contributed by atoms with Gasteiger partial charge in [0.15, 0.2) is 0 Å². The highest BCUT2D eigenvalue weighted by Gasteiger charge is 2.31. The number of nitrogens with one attached hydrogen (secondary N) is 1. The van der Waals surface area contributed by atoms with Gasteiger partial charge in [0.05, 0.1) is 6.61 Å². The number of carbonyl (C=O) groups excluding carboxylic acids is 2. The molecule has 0 spiro atoms. The first-order valence-corrected chi connectivity index (χ1v) is 6.57. The van der Waals surface area contributed by atoms with E-state index in [9.17, 15) is 22.8 Å². The van der Waals surface area contributed by atoms with Crippen molar-refractivity contribution >= 4 is 11.9 Å². The quantitative estimate of drug-likeness (QED) is 0.618. The van der Waals surface area contributed by atoms with Crippen molar-refractivity contribution in [3.63, 3.8) is 0 Å². The van der Waals surface area contributed by atoms with E-state index >= 15 is 0 Å². The molecule has 0 saturated carbocycles. The predicted molar refractivity (Wildman–Crippen MR) is 71.1 cm³/mol. The number of hydrogen-bond donors (Lipinski definition) is 1. The van der Waals surface area contributed by atoms with Crippen molar-refractivity contribution in [3.05, 3.63) is 29.8 Å². The third-order valence-electron chi connectivity index (χ3n) is 2.48. The zero-order chi connectivity index (χ0) is 16.6. The van der Waals surface area contributed by atoms with E-state index < -0.39 is 18.2 Å². The fourth-order valence-electron chi connectivity index (χ4n) is 1.65. The Morgan fingerprint density at radius 2 is 2.00 bits per heavy atom. The normalized spacial score (nSPS) is 10.9. The van der Waals surface area contributed by atoms with E-state index in [4.69, 9.17) is 0 Å². The average Bonchev–Trinajstić information content (AvgIpc) is 2.37. The van der Waals surface area contributed by atoms with Crippen LogP contribution in [-0.2, 0) is 20.7 Å². The number of benzene rings is 1. The first-order chi connectivity index (χ1) is 10.3. The summed E-state index contributed by atoms with van der Waals surface area (Å²) in [4.78, 5) is 22.4. The van der Waals surface area contributed by atoms with Crippen LogP contribution in [-0.4, -0.2) is 31.4 Å². The summed E-state index contributed by atoms with van der Waals surface area (Å²) in [6.07, 6.45) is -4.82. The van der Waals surface area contributed by atoms with E-state index in [0.717, 1.165) is 0 Å². The highest BCUT2D eigenvalue weighted by atomic mass is 19.4. The van der Waals surface area contributed by atoms with Gasteiger partial charge in [-0.2, -0.15) is 0 Å². The molecule has 1 aromatic rings. The molecule has 0 atom stereocenters. The van der Waals surface area contributed by atoms with Crippen LogP contribution in [0.25, 0.3) is 0 Å². The van der Waals surface area contributed by atoms with Crippen LogP contribution in [0.5, 0.6) is 5.75 Å². The van der Waals surface area contributed by atoms with Crippen molar-refractivity contribution < 1.29 is 32.2 Å². The van der Waals surface area contributed by atoms with Gasteiger partial charge in [0.1, 0.15) is 12.2 Å². The summed E-state index contributed by atoms with van der Waals surface area (Å²) in [7, 11) is 0. The molecule has 0 saturated heterocycles. The Labute approximate surface area is 125 Å². The molecule has 0 aliphatic heterocycles. The Balaban J connectivity index is 2.40. The van der Waals surface area contributed by atoms with Crippen molar-refractivity contribution in [2.45, 2.75) is 26.1 Å². The Kier molecular flexibility index (Phi) is 6.68. The van der Waals surface area contributed by atoms with Gasteiger partial charge in [-0.05, 0) is 31.0 Å². The van der Waals surface area contributed by atoms with Crippen molar-refractivity contribution in [2.75, 3.05) is 13.2 Å². The molecule has 1 N–H and O–H groups in total. The number of alkyl halides is 3. The van der Waals surface area contributed by atoms with Crippen LogP contribution < -0.4 is 10.1 Å². The van der Waals surface area contributed by atoms with Crippen LogP contribution in [0.4, 0.5) is 13.2 Å². The van der Waals surface area contributed by atoms with Gasteiger partial charge in [-0.3, -0.25) is 9.59 Å². The molecule has 22 heavy (non-hydrogen) atoms. The molecular weight excluding hydrogens is 303 g/mol. The number of esters is 1. The summed E-state index contributed by atoms with van der Waals surface area (Å²) in [6, 6.07) is 5.47. The highest BCUT2D eigenvalue weighted by Crippen LogP contribution is 2.23. The van der Waals surface area contributed by atoms with E-state index in [0.29, 0.717) is 12.0 Å². The topological polar surface area (TPSA) is 64.6 Å². The summed E-state index contributed by atoms with van der Waals surface area (Å²) >= 11 is 0. The van der Waals surface area contributed by atoms with Gasteiger partial charge >= 0.3 is 12.3 Å². The number of amides is 1. The Hall–Kier alpha value is -2.25. The van der Waals surface area contributed by atoms with Crippen molar-refractivity contribution in [3.8, 4) is 5.75 Å². The van der Waals surface area contributed by atoms with Crippen LogP contribution >= 0.6 is 0 Å². The molecule has 1 amide bonds. The third kappa shape index (κ3) is 7.51. The monoisotopic (exact) mass is 319 g/mol. The summed E-state index contributed by atoms with van der Waals surface area (Å²) < 4.78 is 44.7. The SMILES string of the molecule is CCOC(=O)CC(=O)NCCc1cccc(OC(F)(F)F)c1. The first kappa shape index (κ1) is 17.8. The minimum Gasteiger partial charge on any atom is -0.466 e. The summed E-state index contributed by atoms with van der Waals surface area (Å²) in [5.41, 5.74) is 0.568. The predicted octanol–water partition coefficient (Wildman–Crippen LogP) is 2.20. The van der Waals surface area contributed by atoms with Crippen molar-refractivity contribution in [1.29, 1.82) is 0 Å². The van der Waals surface area contributed by atoms with Crippen LogP contribution in [0.3, 0.4) is 0 Å². The minimum atomic E-state index is -4.74. The molecule has 0 fully saturated rings. The van der Waals surface area contributed by atoms with Gasteiger partial charge in [-0.15, -0.1) is 13.2 Å². The minimum absolute atomic E-state index is 0.188. The van der Waals surface area contributed by atoms with Crippen LogP contribution in [0.2, 0.25) is 0 Å². The second-order valence-corrected chi connectivity index (χ2v) is 4.28. The molecule has 0 bridgehead atoms. The number of carbonyl (C=O) groups is 2. The molecule has 0 heterocycles. The van der Waals surface area contributed by atoms with Crippen LogP contribution in [0, 0.1) is 0 Å². The van der Waals surface area contributed by atoms with E-state index in [-0.39, 0.29) is 25.3 Å². The molecule has 8 heteroatoms. The Morgan fingerprint density at radius 1 is 1.27 bits per heavy atom. The molecule has 1 aromatic carbocycles. The van der Waals surface area contributed by atoms with Gasteiger partial charge in [0, 0.05) is 6.54 Å². The highest BCUT2D eigenvalue weighted by molar-refractivity contribution is 5.94. The molecule has 0 aliphatic rings. The zero-order valence-electron chi connectivity index (χ0n) is 11.9. The van der Waals surface area contributed by atoms with E-state index in [1.807, 2.05) is 0 Å². The smallest absolute Gasteiger partial charge is 0.466 e. The molecule has 1 rings (SSSR count). The van der Waals surface area contributed by atoms with E-state index in [1.165, 1.54) is 18.2 Å². The lowest BCUT2D eigenvalue weighted by molar-refractivity contribution is -0.274. The third-order valence-corrected chi connectivity index (χ3v) is 2.48. The van der Waals surface area contributed by atoms with Crippen molar-refractivity contribution in [1.82, 2.24) is 5.32 Å². The second-order valence-electron chi connectivity index (χ2n) is 4.28. The van der Waals surface area contributed by atoms with E-state index in [1.54, 1.807) is 13.0 Å². The molecule has 5 nitrogen and oxygen atoms in total. The lowest BCUT2D eigenvalue weighted by Crippen LogP contribution is -2.28. The van der Waals surface area contributed by atoms with E-state index in [2.05, 4.69) is 14.8 Å². The average molecular weight is 319 g/mol. The standard InChI is InChI=1S/C14H16F3NO4/c1-2-21-13(20)9-12(19)18-7-6-10-4-3-5-11(8-10)22-14(15,16)17/h3-5,8H,2,6-7,9H2,1H3,(H,18,19). The Morgan fingerprint density at radius 3 is 2.64 bits per heavy atom. The molecule has 0 aliphatic carbocycles. The van der Waals surface area contributed by atoms with Gasteiger partial charge in [0.2, 0.25) is 5.91 Å². The number of rotatable bonds is 7. The maximum atomic E-state index is 12.1. The Bertz CT molecular complexity index is 517. The number of halogens is 3. The maximum Gasteiger partial charge on any atom is 0.573 e.